The molecular formula is C16H23N3O2. The number of carbonyl (C=O) groups excluding carboxylic acids is 2. The minimum atomic E-state index is 0.0931. The van der Waals surface area contributed by atoms with Crippen molar-refractivity contribution in [1.29, 1.82) is 0 Å². The van der Waals surface area contributed by atoms with Crippen LogP contribution in [0.15, 0.2) is 12.3 Å². The van der Waals surface area contributed by atoms with E-state index in [4.69, 9.17) is 0 Å². The van der Waals surface area contributed by atoms with Crippen LogP contribution in [-0.4, -0.2) is 51.8 Å². The highest BCUT2D eigenvalue weighted by Gasteiger charge is 2.37. The van der Waals surface area contributed by atoms with Crippen LogP contribution in [0.3, 0.4) is 0 Å². The van der Waals surface area contributed by atoms with Crippen molar-refractivity contribution in [1.82, 2.24) is 14.8 Å². The molecule has 1 atom stereocenters. The molecule has 0 aromatic carbocycles. The van der Waals surface area contributed by atoms with Gasteiger partial charge in [-0.2, -0.15) is 0 Å². The van der Waals surface area contributed by atoms with Crippen LogP contribution in [0.1, 0.15) is 48.7 Å². The minimum absolute atomic E-state index is 0.0931. The Hall–Kier alpha value is -1.78. The number of nitrogens with zero attached hydrogens (tertiary/aromatic N) is 2. The van der Waals surface area contributed by atoms with Crippen LogP contribution in [0.2, 0.25) is 0 Å². The van der Waals surface area contributed by atoms with E-state index in [1.165, 1.54) is 0 Å². The first-order chi connectivity index (χ1) is 10.1. The van der Waals surface area contributed by atoms with E-state index in [1.807, 2.05) is 22.8 Å². The summed E-state index contributed by atoms with van der Waals surface area (Å²) >= 11 is 0. The molecular weight excluding hydrogens is 266 g/mol. The van der Waals surface area contributed by atoms with Crippen molar-refractivity contribution in [3.63, 3.8) is 0 Å². The number of nitrogens with one attached hydrogen (secondary N) is 1. The van der Waals surface area contributed by atoms with Gasteiger partial charge in [-0.3, -0.25) is 9.59 Å². The van der Waals surface area contributed by atoms with E-state index < -0.39 is 0 Å². The Kier molecular flexibility index (Phi) is 3.74. The monoisotopic (exact) mass is 289 g/mol. The lowest BCUT2D eigenvalue weighted by atomic mass is 10.1. The van der Waals surface area contributed by atoms with Crippen molar-refractivity contribution in [3.05, 3.63) is 23.5 Å². The molecule has 1 aromatic heterocycles. The van der Waals surface area contributed by atoms with Gasteiger partial charge in [-0.15, -0.1) is 0 Å². The maximum absolute atomic E-state index is 12.7. The average Bonchev–Trinajstić information content (AvgIpc) is 3.01. The van der Waals surface area contributed by atoms with E-state index in [0.717, 1.165) is 43.5 Å². The summed E-state index contributed by atoms with van der Waals surface area (Å²) in [5.74, 6) is 0.227. The fourth-order valence-electron chi connectivity index (χ4n) is 3.28. The highest BCUT2D eigenvalue weighted by Crippen LogP contribution is 2.29. The fourth-order valence-corrected chi connectivity index (χ4v) is 3.28. The number of likely N-dealkylation sites (tertiary alicyclic amines) is 1. The lowest BCUT2D eigenvalue weighted by Gasteiger charge is -2.30. The Morgan fingerprint density at radius 1 is 1.38 bits per heavy atom. The first-order valence-corrected chi connectivity index (χ1v) is 7.80. The Bertz CT molecular complexity index is 547. The average molecular weight is 289 g/mol. The van der Waals surface area contributed by atoms with Crippen LogP contribution >= 0.6 is 0 Å². The van der Waals surface area contributed by atoms with Gasteiger partial charge in [-0.25, -0.2) is 0 Å². The molecule has 0 radical (unpaired) electrons. The van der Waals surface area contributed by atoms with Crippen LogP contribution < -0.4 is 0 Å². The van der Waals surface area contributed by atoms with Crippen LogP contribution in [-0.2, 0) is 4.79 Å². The lowest BCUT2D eigenvalue weighted by molar-refractivity contribution is -0.130. The summed E-state index contributed by atoms with van der Waals surface area (Å²) in [6.45, 7) is 5.04. The molecule has 1 unspecified atom stereocenters. The molecule has 2 aliphatic rings. The van der Waals surface area contributed by atoms with Gasteiger partial charge in [0.25, 0.3) is 5.91 Å². The SMILES string of the molecule is CC(=O)N(CC1CCCN1C(=O)c1cc[nH]c1C)C1CC1. The number of rotatable bonds is 4. The first-order valence-electron chi connectivity index (χ1n) is 7.80. The summed E-state index contributed by atoms with van der Waals surface area (Å²) in [6, 6.07) is 2.42. The largest absolute Gasteiger partial charge is 0.365 e. The maximum Gasteiger partial charge on any atom is 0.255 e. The predicted octanol–water partition coefficient (Wildman–Crippen LogP) is 1.94. The van der Waals surface area contributed by atoms with Crippen LogP contribution in [0.5, 0.6) is 0 Å². The highest BCUT2D eigenvalue weighted by atomic mass is 16.2. The van der Waals surface area contributed by atoms with Crippen molar-refractivity contribution in [2.75, 3.05) is 13.1 Å². The molecule has 0 bridgehead atoms. The van der Waals surface area contributed by atoms with E-state index >= 15 is 0 Å². The predicted molar refractivity (Wildman–Crippen MR) is 80.0 cm³/mol. The van der Waals surface area contributed by atoms with Gasteiger partial charge in [0, 0.05) is 44.0 Å². The van der Waals surface area contributed by atoms with Crippen molar-refractivity contribution in [3.8, 4) is 0 Å². The van der Waals surface area contributed by atoms with E-state index in [2.05, 4.69) is 4.98 Å². The van der Waals surface area contributed by atoms with Crippen LogP contribution in [0, 0.1) is 6.92 Å². The number of hydrogen-bond donors (Lipinski definition) is 1. The Labute approximate surface area is 125 Å². The van der Waals surface area contributed by atoms with Gasteiger partial charge in [0.15, 0.2) is 0 Å². The molecule has 1 aromatic rings. The molecule has 5 heteroatoms. The number of amides is 2. The number of aryl methyl sites for hydroxylation is 1. The third-order valence-electron chi connectivity index (χ3n) is 4.62. The van der Waals surface area contributed by atoms with E-state index in [-0.39, 0.29) is 17.9 Å². The van der Waals surface area contributed by atoms with Gasteiger partial charge in [0.1, 0.15) is 0 Å². The molecule has 1 N–H and O–H groups in total. The Morgan fingerprint density at radius 3 is 2.71 bits per heavy atom. The molecule has 3 rings (SSSR count). The summed E-state index contributed by atoms with van der Waals surface area (Å²) in [5, 5.41) is 0. The summed E-state index contributed by atoms with van der Waals surface area (Å²) in [6.07, 6.45) is 6.04. The smallest absolute Gasteiger partial charge is 0.255 e. The van der Waals surface area contributed by atoms with Gasteiger partial charge in [0.2, 0.25) is 5.91 Å². The summed E-state index contributed by atoms with van der Waals surface area (Å²) in [4.78, 5) is 31.4. The Balaban J connectivity index is 1.72. The number of aromatic amines is 1. The van der Waals surface area contributed by atoms with E-state index in [1.54, 1.807) is 13.1 Å². The van der Waals surface area contributed by atoms with Crippen molar-refractivity contribution < 1.29 is 9.59 Å². The molecule has 2 amide bonds. The first kappa shape index (κ1) is 14.2. The van der Waals surface area contributed by atoms with Gasteiger partial charge in [0.05, 0.1) is 5.56 Å². The number of hydrogen-bond acceptors (Lipinski definition) is 2. The zero-order valence-electron chi connectivity index (χ0n) is 12.8. The zero-order chi connectivity index (χ0) is 15.0. The second-order valence-corrected chi connectivity index (χ2v) is 6.21. The second-order valence-electron chi connectivity index (χ2n) is 6.21. The van der Waals surface area contributed by atoms with Crippen molar-refractivity contribution in [2.24, 2.45) is 0 Å². The van der Waals surface area contributed by atoms with Gasteiger partial charge in [-0.1, -0.05) is 0 Å². The molecule has 0 spiro atoms. The molecule has 114 valence electrons. The Morgan fingerprint density at radius 2 is 2.14 bits per heavy atom. The molecule has 5 nitrogen and oxygen atoms in total. The number of H-pyrrole nitrogens is 1. The van der Waals surface area contributed by atoms with Crippen LogP contribution in [0.4, 0.5) is 0 Å². The maximum atomic E-state index is 12.7. The summed E-state index contributed by atoms with van der Waals surface area (Å²) in [7, 11) is 0. The normalized spacial score (nSPS) is 21.6. The third-order valence-corrected chi connectivity index (χ3v) is 4.62. The topological polar surface area (TPSA) is 56.4 Å². The molecule has 1 saturated heterocycles. The molecule has 1 aliphatic heterocycles. The number of carbonyl (C=O) groups is 2. The highest BCUT2D eigenvalue weighted by molar-refractivity contribution is 5.95. The molecule has 21 heavy (non-hydrogen) atoms. The standard InChI is InChI=1S/C16H23N3O2/c1-11-15(7-8-17-11)16(21)18-9-3-4-14(18)10-19(12(2)20)13-5-6-13/h7-8,13-14,17H,3-6,9-10H2,1-2H3. The van der Waals surface area contributed by atoms with Gasteiger partial charge < -0.3 is 14.8 Å². The van der Waals surface area contributed by atoms with E-state index in [9.17, 15) is 9.59 Å². The summed E-state index contributed by atoms with van der Waals surface area (Å²) < 4.78 is 0. The van der Waals surface area contributed by atoms with Crippen molar-refractivity contribution in [2.45, 2.75) is 51.6 Å². The zero-order valence-corrected chi connectivity index (χ0v) is 12.8. The lowest BCUT2D eigenvalue weighted by Crippen LogP contribution is -2.45. The van der Waals surface area contributed by atoms with E-state index in [0.29, 0.717) is 12.6 Å². The molecule has 2 fully saturated rings. The second kappa shape index (κ2) is 5.54. The molecule has 1 aliphatic carbocycles. The quantitative estimate of drug-likeness (QED) is 0.921. The molecule has 1 saturated carbocycles. The third kappa shape index (κ3) is 2.82. The van der Waals surface area contributed by atoms with Crippen LogP contribution in [0.25, 0.3) is 0 Å². The summed E-state index contributed by atoms with van der Waals surface area (Å²) in [5.41, 5.74) is 1.67. The minimum Gasteiger partial charge on any atom is -0.365 e. The fraction of sp³-hybridized carbons (Fsp3) is 0.625. The molecule has 2 heterocycles. The van der Waals surface area contributed by atoms with Crippen molar-refractivity contribution >= 4 is 11.8 Å². The van der Waals surface area contributed by atoms with Gasteiger partial charge >= 0.3 is 0 Å². The number of aromatic nitrogens is 1. The van der Waals surface area contributed by atoms with Gasteiger partial charge in [-0.05, 0) is 38.7 Å².